The third kappa shape index (κ3) is 4.25. The fourth-order valence-electron chi connectivity index (χ4n) is 1.14. The summed E-state index contributed by atoms with van der Waals surface area (Å²) >= 11 is 0. The number of benzene rings is 1. The zero-order valence-electron chi connectivity index (χ0n) is 10.3. The molecule has 0 aliphatic heterocycles. The highest BCUT2D eigenvalue weighted by atomic mass is 16.5. The van der Waals surface area contributed by atoms with Gasteiger partial charge in [-0.15, -0.1) is 0 Å². The predicted octanol–water partition coefficient (Wildman–Crippen LogP) is 3.09. The summed E-state index contributed by atoms with van der Waals surface area (Å²) in [6.45, 7) is 3.66. The van der Waals surface area contributed by atoms with E-state index in [-0.39, 0.29) is 11.5 Å². The van der Waals surface area contributed by atoms with E-state index in [9.17, 15) is 9.90 Å². The van der Waals surface area contributed by atoms with Gasteiger partial charge in [0.25, 0.3) is 0 Å². The molecule has 0 aliphatic carbocycles. The number of ether oxygens (including phenoxy) is 1. The Morgan fingerprint density at radius 2 is 2.22 bits per heavy atom. The molecule has 0 saturated carbocycles. The summed E-state index contributed by atoms with van der Waals surface area (Å²) in [5.41, 5.74) is 1.27. The molecule has 0 spiro atoms. The monoisotopic (exact) mass is 245 g/mol. The van der Waals surface area contributed by atoms with Crippen LogP contribution in [-0.2, 0) is 0 Å². The van der Waals surface area contributed by atoms with Gasteiger partial charge in [-0.25, -0.2) is 0 Å². The smallest absolute Gasteiger partial charge is 0.168 e. The number of phenolic OH excluding ortho intramolecular Hbond substituents is 1. The third-order valence-corrected chi connectivity index (χ3v) is 2.06. The van der Waals surface area contributed by atoms with E-state index in [4.69, 9.17) is 4.74 Å². The fourth-order valence-corrected chi connectivity index (χ4v) is 1.14. The van der Waals surface area contributed by atoms with E-state index in [1.807, 2.05) is 13.8 Å². The summed E-state index contributed by atoms with van der Waals surface area (Å²) in [5.74, 6) is 0.228. The van der Waals surface area contributed by atoms with Crippen LogP contribution in [0.3, 0.4) is 0 Å². The van der Waals surface area contributed by atoms with E-state index >= 15 is 0 Å². The Balaban J connectivity index is 2.78. The molecule has 1 aromatic carbocycles. The number of aliphatic imine (C=N–C) groups is 1. The first-order chi connectivity index (χ1) is 8.67. The molecular formula is C14H15NO3. The van der Waals surface area contributed by atoms with Crippen LogP contribution in [0.25, 0.3) is 0 Å². The van der Waals surface area contributed by atoms with Crippen LogP contribution in [0.15, 0.2) is 47.3 Å². The van der Waals surface area contributed by atoms with Gasteiger partial charge in [0.15, 0.2) is 11.5 Å². The molecule has 18 heavy (non-hydrogen) atoms. The van der Waals surface area contributed by atoms with E-state index in [0.29, 0.717) is 11.8 Å². The van der Waals surface area contributed by atoms with Gasteiger partial charge in [0.1, 0.15) is 6.29 Å². The quantitative estimate of drug-likeness (QED) is 0.375. The van der Waals surface area contributed by atoms with Gasteiger partial charge >= 0.3 is 0 Å². The Labute approximate surface area is 106 Å². The number of aromatic hydroxyl groups is 1. The first-order valence-electron chi connectivity index (χ1n) is 5.43. The Bertz CT molecular complexity index is 502. The van der Waals surface area contributed by atoms with E-state index in [1.54, 1.807) is 18.5 Å². The summed E-state index contributed by atoms with van der Waals surface area (Å²) in [7, 11) is 0. The van der Waals surface area contributed by atoms with Gasteiger partial charge in [-0.05, 0) is 43.7 Å². The lowest BCUT2D eigenvalue weighted by molar-refractivity contribution is 0.112. The highest BCUT2D eigenvalue weighted by Crippen LogP contribution is 2.26. The Morgan fingerprint density at radius 3 is 2.89 bits per heavy atom. The highest BCUT2D eigenvalue weighted by molar-refractivity contribution is 5.76. The van der Waals surface area contributed by atoms with Gasteiger partial charge in [0.2, 0.25) is 0 Å². The van der Waals surface area contributed by atoms with Crippen molar-refractivity contribution in [3.05, 3.63) is 47.9 Å². The van der Waals surface area contributed by atoms with Crippen molar-refractivity contribution in [3.8, 4) is 11.5 Å². The van der Waals surface area contributed by atoms with Crippen molar-refractivity contribution >= 4 is 12.5 Å². The number of carbonyl (C=O) groups excluding carboxylic acids is 1. The van der Waals surface area contributed by atoms with Crippen molar-refractivity contribution in [1.29, 1.82) is 0 Å². The minimum atomic E-state index is -0.0137. The average molecular weight is 245 g/mol. The van der Waals surface area contributed by atoms with Crippen molar-refractivity contribution in [1.82, 2.24) is 0 Å². The standard InChI is InChI=1S/C14H15NO3/c1-3-15-7-6-11(2)10-18-14-8-12(9-16)4-5-13(14)17/h3-10,17H,1-2H3/b7-6-,11-10+,15-3-. The second-order valence-electron chi connectivity index (χ2n) is 3.55. The minimum absolute atomic E-state index is 0.0137. The molecule has 0 radical (unpaired) electrons. The zero-order chi connectivity index (χ0) is 13.4. The number of nitrogens with zero attached hydrogens (tertiary/aromatic N) is 1. The normalized spacial score (nSPS) is 12.2. The largest absolute Gasteiger partial charge is 0.504 e. The summed E-state index contributed by atoms with van der Waals surface area (Å²) in [6, 6.07) is 4.40. The highest BCUT2D eigenvalue weighted by Gasteiger charge is 2.02. The van der Waals surface area contributed by atoms with Gasteiger partial charge < -0.3 is 9.84 Å². The minimum Gasteiger partial charge on any atom is -0.504 e. The van der Waals surface area contributed by atoms with Crippen molar-refractivity contribution in [2.45, 2.75) is 13.8 Å². The van der Waals surface area contributed by atoms with E-state index in [0.717, 1.165) is 5.57 Å². The summed E-state index contributed by atoms with van der Waals surface area (Å²) < 4.78 is 5.30. The number of hydrogen-bond acceptors (Lipinski definition) is 4. The number of phenols is 1. The van der Waals surface area contributed by atoms with E-state index < -0.39 is 0 Å². The third-order valence-electron chi connectivity index (χ3n) is 2.06. The van der Waals surface area contributed by atoms with Crippen molar-refractivity contribution in [3.63, 3.8) is 0 Å². The Hall–Kier alpha value is -2.36. The molecule has 0 fully saturated rings. The molecule has 0 unspecified atom stereocenters. The maximum atomic E-state index is 10.6. The first-order valence-corrected chi connectivity index (χ1v) is 5.43. The van der Waals surface area contributed by atoms with Crippen LogP contribution < -0.4 is 4.74 Å². The lowest BCUT2D eigenvalue weighted by Gasteiger charge is -2.04. The number of allylic oxidation sites excluding steroid dienone is 2. The number of aldehydes is 1. The molecule has 94 valence electrons. The summed E-state index contributed by atoms with van der Waals surface area (Å²) in [5, 5.41) is 9.55. The molecule has 0 saturated heterocycles. The predicted molar refractivity (Wildman–Crippen MR) is 71.2 cm³/mol. The van der Waals surface area contributed by atoms with Crippen LogP contribution in [0.5, 0.6) is 11.5 Å². The van der Waals surface area contributed by atoms with Crippen LogP contribution in [0.1, 0.15) is 24.2 Å². The molecule has 4 nitrogen and oxygen atoms in total. The molecule has 1 rings (SSSR count). The van der Waals surface area contributed by atoms with Crippen molar-refractivity contribution in [2.24, 2.45) is 4.99 Å². The molecule has 4 heteroatoms. The molecule has 1 aromatic rings. The van der Waals surface area contributed by atoms with Crippen molar-refractivity contribution in [2.75, 3.05) is 0 Å². The Kier molecular flexibility index (Phi) is 5.38. The van der Waals surface area contributed by atoms with Gasteiger partial charge in [-0.2, -0.15) is 0 Å². The molecule has 0 atom stereocenters. The molecule has 1 N–H and O–H groups in total. The van der Waals surface area contributed by atoms with Crippen molar-refractivity contribution < 1.29 is 14.6 Å². The van der Waals surface area contributed by atoms with Crippen LogP contribution >= 0.6 is 0 Å². The first kappa shape index (κ1) is 13.7. The van der Waals surface area contributed by atoms with Gasteiger partial charge in [-0.1, -0.05) is 0 Å². The molecule has 0 aromatic heterocycles. The van der Waals surface area contributed by atoms with E-state index in [1.165, 1.54) is 24.5 Å². The Morgan fingerprint density at radius 1 is 1.44 bits per heavy atom. The maximum Gasteiger partial charge on any atom is 0.168 e. The second-order valence-corrected chi connectivity index (χ2v) is 3.55. The van der Waals surface area contributed by atoms with Gasteiger partial charge in [0, 0.05) is 18.0 Å². The van der Waals surface area contributed by atoms with Crippen LogP contribution in [0.2, 0.25) is 0 Å². The SMILES string of the molecule is C\C=N/C=C\C(C)=C\Oc1cc(C=O)ccc1O. The fraction of sp³-hybridized carbons (Fsp3) is 0.143. The van der Waals surface area contributed by atoms with Gasteiger partial charge in [0.05, 0.1) is 6.26 Å². The summed E-state index contributed by atoms with van der Waals surface area (Å²) in [6.07, 6.45) is 7.24. The topological polar surface area (TPSA) is 58.9 Å². The maximum absolute atomic E-state index is 10.6. The lowest BCUT2D eigenvalue weighted by atomic mass is 10.2. The number of rotatable bonds is 5. The van der Waals surface area contributed by atoms with Crippen LogP contribution in [0, 0.1) is 0 Å². The molecule has 0 heterocycles. The number of carbonyl (C=O) groups is 1. The molecule has 0 aliphatic rings. The zero-order valence-corrected chi connectivity index (χ0v) is 10.3. The number of hydrogen-bond donors (Lipinski definition) is 1. The average Bonchev–Trinajstić information content (AvgIpc) is 2.38. The molecular weight excluding hydrogens is 230 g/mol. The van der Waals surface area contributed by atoms with Gasteiger partial charge in [-0.3, -0.25) is 9.79 Å². The summed E-state index contributed by atoms with van der Waals surface area (Å²) in [4.78, 5) is 14.5. The van der Waals surface area contributed by atoms with E-state index in [2.05, 4.69) is 4.99 Å². The van der Waals surface area contributed by atoms with Crippen LogP contribution in [-0.4, -0.2) is 17.6 Å². The second kappa shape index (κ2) is 7.06. The molecule has 0 amide bonds. The molecule has 0 bridgehead atoms. The lowest BCUT2D eigenvalue weighted by Crippen LogP contribution is -1.87. The van der Waals surface area contributed by atoms with Crippen LogP contribution in [0.4, 0.5) is 0 Å².